The number of amides is 1. The third-order valence-corrected chi connectivity index (χ3v) is 4.51. The second kappa shape index (κ2) is 8.85. The molecule has 0 saturated heterocycles. The zero-order valence-corrected chi connectivity index (χ0v) is 15.8. The fraction of sp³-hybridized carbons (Fsp3) is 0.0400. The van der Waals surface area contributed by atoms with Crippen LogP contribution in [-0.2, 0) is 4.79 Å². The molecule has 4 nitrogen and oxygen atoms in total. The number of rotatable bonds is 6. The Balaban J connectivity index is 1.36. The van der Waals surface area contributed by atoms with Gasteiger partial charge >= 0.3 is 0 Å². The lowest BCUT2D eigenvalue weighted by molar-refractivity contribution is -0.123. The molecular formula is C25H20N2O2. The third-order valence-electron chi connectivity index (χ3n) is 4.51. The number of hydrogen-bond acceptors (Lipinski definition) is 3. The molecule has 0 aliphatic heterocycles. The molecule has 0 aromatic heterocycles. The summed E-state index contributed by atoms with van der Waals surface area (Å²) in [5.41, 5.74) is 5.41. The van der Waals surface area contributed by atoms with Crippen LogP contribution in [0.5, 0.6) is 5.75 Å². The summed E-state index contributed by atoms with van der Waals surface area (Å²) in [7, 11) is 0. The first-order valence-electron chi connectivity index (χ1n) is 9.37. The molecule has 0 bridgehead atoms. The SMILES string of the molecule is O=C(COc1ccccc1-c1ccccc1)N/N=C\c1ccc2ccccc2c1. The van der Waals surface area contributed by atoms with Gasteiger partial charge in [-0.25, -0.2) is 5.43 Å². The smallest absolute Gasteiger partial charge is 0.277 e. The first-order valence-corrected chi connectivity index (χ1v) is 9.37. The van der Waals surface area contributed by atoms with E-state index in [9.17, 15) is 4.79 Å². The lowest BCUT2D eigenvalue weighted by Gasteiger charge is -2.10. The summed E-state index contributed by atoms with van der Waals surface area (Å²) in [6, 6.07) is 31.7. The number of carbonyl (C=O) groups is 1. The summed E-state index contributed by atoms with van der Waals surface area (Å²) in [4.78, 5) is 12.1. The maximum absolute atomic E-state index is 12.1. The molecule has 0 spiro atoms. The van der Waals surface area contributed by atoms with E-state index >= 15 is 0 Å². The summed E-state index contributed by atoms with van der Waals surface area (Å²) in [5, 5.41) is 6.33. The number of fused-ring (bicyclic) bond motifs is 1. The van der Waals surface area contributed by atoms with E-state index in [1.807, 2.05) is 91.0 Å². The molecule has 4 aromatic carbocycles. The molecule has 0 fully saturated rings. The van der Waals surface area contributed by atoms with Gasteiger partial charge in [-0.3, -0.25) is 4.79 Å². The van der Waals surface area contributed by atoms with Crippen molar-refractivity contribution in [1.82, 2.24) is 5.43 Å². The maximum atomic E-state index is 12.1. The van der Waals surface area contributed by atoms with Crippen LogP contribution in [0.25, 0.3) is 21.9 Å². The van der Waals surface area contributed by atoms with Crippen molar-refractivity contribution in [2.45, 2.75) is 0 Å². The highest BCUT2D eigenvalue weighted by molar-refractivity contribution is 5.91. The molecule has 0 atom stereocenters. The normalized spacial score (nSPS) is 10.9. The van der Waals surface area contributed by atoms with Crippen LogP contribution in [0.1, 0.15) is 5.56 Å². The number of ether oxygens (including phenoxy) is 1. The van der Waals surface area contributed by atoms with Crippen molar-refractivity contribution in [2.24, 2.45) is 5.10 Å². The molecule has 0 heterocycles. The average Bonchev–Trinajstić information content (AvgIpc) is 2.78. The molecule has 1 amide bonds. The molecule has 0 saturated carbocycles. The van der Waals surface area contributed by atoms with Gasteiger partial charge in [0, 0.05) is 5.56 Å². The largest absolute Gasteiger partial charge is 0.483 e. The minimum atomic E-state index is -0.315. The number of hydrogen-bond donors (Lipinski definition) is 1. The Morgan fingerprint density at radius 3 is 2.41 bits per heavy atom. The van der Waals surface area contributed by atoms with Gasteiger partial charge in [0.1, 0.15) is 5.75 Å². The van der Waals surface area contributed by atoms with Crippen molar-refractivity contribution in [3.05, 3.63) is 103 Å². The average molecular weight is 380 g/mol. The maximum Gasteiger partial charge on any atom is 0.277 e. The predicted molar refractivity (Wildman–Crippen MR) is 117 cm³/mol. The van der Waals surface area contributed by atoms with E-state index in [1.54, 1.807) is 6.21 Å². The van der Waals surface area contributed by atoms with Gasteiger partial charge in [-0.05, 0) is 34.0 Å². The van der Waals surface area contributed by atoms with Crippen LogP contribution in [-0.4, -0.2) is 18.7 Å². The number of nitrogens with one attached hydrogen (secondary N) is 1. The van der Waals surface area contributed by atoms with Crippen LogP contribution < -0.4 is 10.2 Å². The van der Waals surface area contributed by atoms with E-state index in [4.69, 9.17) is 4.74 Å². The predicted octanol–water partition coefficient (Wildman–Crippen LogP) is 5.04. The van der Waals surface area contributed by atoms with Crippen LogP contribution in [0.2, 0.25) is 0 Å². The highest BCUT2D eigenvalue weighted by Gasteiger charge is 2.07. The molecule has 4 aromatic rings. The molecule has 4 heteroatoms. The minimum Gasteiger partial charge on any atom is -0.483 e. The highest BCUT2D eigenvalue weighted by atomic mass is 16.5. The van der Waals surface area contributed by atoms with Crippen molar-refractivity contribution in [1.29, 1.82) is 0 Å². The number of benzene rings is 4. The van der Waals surface area contributed by atoms with Gasteiger partial charge in [-0.2, -0.15) is 5.10 Å². The molecule has 142 valence electrons. The fourth-order valence-corrected chi connectivity index (χ4v) is 3.09. The molecule has 4 rings (SSSR count). The summed E-state index contributed by atoms with van der Waals surface area (Å²) < 4.78 is 5.73. The minimum absolute atomic E-state index is 0.112. The topological polar surface area (TPSA) is 50.7 Å². The van der Waals surface area contributed by atoms with Gasteiger partial charge in [0.25, 0.3) is 5.91 Å². The van der Waals surface area contributed by atoms with Crippen LogP contribution in [0.15, 0.2) is 102 Å². The molecule has 0 unspecified atom stereocenters. The second-order valence-electron chi connectivity index (χ2n) is 6.55. The van der Waals surface area contributed by atoms with Crippen LogP contribution >= 0.6 is 0 Å². The summed E-state index contributed by atoms with van der Waals surface area (Å²) in [6.45, 7) is -0.112. The van der Waals surface area contributed by atoms with Crippen molar-refractivity contribution < 1.29 is 9.53 Å². The molecule has 1 N–H and O–H groups in total. The number of carbonyl (C=O) groups excluding carboxylic acids is 1. The molecule has 0 aliphatic rings. The van der Waals surface area contributed by atoms with Gasteiger partial charge in [0.15, 0.2) is 6.61 Å². The van der Waals surface area contributed by atoms with E-state index < -0.39 is 0 Å². The Hall–Kier alpha value is -3.92. The zero-order valence-electron chi connectivity index (χ0n) is 15.8. The summed E-state index contributed by atoms with van der Waals surface area (Å²) >= 11 is 0. The van der Waals surface area contributed by atoms with E-state index in [2.05, 4.69) is 16.6 Å². The van der Waals surface area contributed by atoms with Crippen LogP contribution in [0.3, 0.4) is 0 Å². The Morgan fingerprint density at radius 2 is 1.55 bits per heavy atom. The molecule has 0 radical (unpaired) electrons. The second-order valence-corrected chi connectivity index (χ2v) is 6.55. The van der Waals surface area contributed by atoms with Crippen LogP contribution in [0, 0.1) is 0 Å². The van der Waals surface area contributed by atoms with Crippen molar-refractivity contribution >= 4 is 22.9 Å². The van der Waals surface area contributed by atoms with Gasteiger partial charge in [0.2, 0.25) is 0 Å². The van der Waals surface area contributed by atoms with Crippen molar-refractivity contribution in [3.63, 3.8) is 0 Å². The third kappa shape index (κ3) is 4.68. The number of nitrogens with zero attached hydrogens (tertiary/aromatic N) is 1. The van der Waals surface area contributed by atoms with Gasteiger partial charge in [-0.15, -0.1) is 0 Å². The molecule has 0 aliphatic carbocycles. The summed E-state index contributed by atoms with van der Waals surface area (Å²) in [6.07, 6.45) is 1.63. The molecular weight excluding hydrogens is 360 g/mol. The van der Waals surface area contributed by atoms with Crippen LogP contribution in [0.4, 0.5) is 0 Å². The van der Waals surface area contributed by atoms with E-state index in [1.165, 1.54) is 5.39 Å². The first kappa shape index (κ1) is 18.4. The Kier molecular flexibility index (Phi) is 5.63. The van der Waals surface area contributed by atoms with Gasteiger partial charge < -0.3 is 4.74 Å². The van der Waals surface area contributed by atoms with Crippen molar-refractivity contribution in [2.75, 3.05) is 6.61 Å². The van der Waals surface area contributed by atoms with E-state index in [-0.39, 0.29) is 12.5 Å². The Bertz CT molecular complexity index is 1150. The Morgan fingerprint density at radius 1 is 0.828 bits per heavy atom. The highest BCUT2D eigenvalue weighted by Crippen LogP contribution is 2.29. The monoisotopic (exact) mass is 380 g/mol. The number of hydrazone groups is 1. The quantitative estimate of drug-likeness (QED) is 0.376. The van der Waals surface area contributed by atoms with E-state index in [0.717, 1.165) is 22.1 Å². The van der Waals surface area contributed by atoms with Gasteiger partial charge in [0.05, 0.1) is 6.21 Å². The standard InChI is InChI=1S/C25H20N2O2/c28-25(27-26-17-19-14-15-20-8-4-5-11-22(20)16-19)18-29-24-13-7-6-12-23(24)21-9-2-1-3-10-21/h1-17H,18H2,(H,27,28)/b26-17-. The number of para-hydroxylation sites is 1. The summed E-state index contributed by atoms with van der Waals surface area (Å²) in [5.74, 6) is 0.345. The Labute approximate surface area is 169 Å². The fourth-order valence-electron chi connectivity index (χ4n) is 3.09. The van der Waals surface area contributed by atoms with Crippen molar-refractivity contribution in [3.8, 4) is 16.9 Å². The molecule has 29 heavy (non-hydrogen) atoms. The van der Waals surface area contributed by atoms with E-state index in [0.29, 0.717) is 5.75 Å². The first-order chi connectivity index (χ1) is 14.3. The lowest BCUT2D eigenvalue weighted by Crippen LogP contribution is -2.24. The lowest BCUT2D eigenvalue weighted by atomic mass is 10.1. The van der Waals surface area contributed by atoms with Gasteiger partial charge in [-0.1, -0.05) is 84.9 Å². The zero-order chi connectivity index (χ0) is 19.9.